The van der Waals surface area contributed by atoms with Gasteiger partial charge in [0.05, 0.1) is 6.61 Å². The molecule has 0 bridgehead atoms. The molecular formula is C31H33N5O3. The first-order chi connectivity index (χ1) is 18.9. The number of benzene rings is 2. The topological polar surface area (TPSA) is 90.7 Å². The summed E-state index contributed by atoms with van der Waals surface area (Å²) in [6.45, 7) is 7.68. The van der Waals surface area contributed by atoms with Gasteiger partial charge >= 0.3 is 0 Å². The molecule has 2 aromatic carbocycles. The molecule has 8 nitrogen and oxygen atoms in total. The maximum absolute atomic E-state index is 13.3. The van der Waals surface area contributed by atoms with E-state index in [1.54, 1.807) is 16.8 Å². The Morgan fingerprint density at radius 3 is 2.26 bits per heavy atom. The van der Waals surface area contributed by atoms with Gasteiger partial charge in [-0.3, -0.25) is 9.59 Å². The number of ketones is 1. The molecule has 1 aliphatic heterocycles. The molecule has 1 saturated heterocycles. The lowest BCUT2D eigenvalue weighted by atomic mass is 10.0. The Morgan fingerprint density at radius 2 is 1.59 bits per heavy atom. The van der Waals surface area contributed by atoms with Crippen LogP contribution in [0.5, 0.6) is 0 Å². The van der Waals surface area contributed by atoms with Gasteiger partial charge in [0.2, 0.25) is 0 Å². The Bertz CT molecular complexity index is 1440. The second kappa shape index (κ2) is 11.5. The molecule has 0 saturated carbocycles. The third kappa shape index (κ3) is 5.86. The van der Waals surface area contributed by atoms with Crippen molar-refractivity contribution in [1.82, 2.24) is 9.55 Å². The molecule has 4 aromatic rings. The van der Waals surface area contributed by atoms with Crippen LogP contribution in [-0.4, -0.2) is 59.1 Å². The molecule has 200 valence electrons. The number of hydrogen-bond acceptors (Lipinski definition) is 6. The molecule has 1 amide bonds. The van der Waals surface area contributed by atoms with E-state index in [-0.39, 0.29) is 18.8 Å². The van der Waals surface area contributed by atoms with Gasteiger partial charge in [0.25, 0.3) is 11.7 Å². The van der Waals surface area contributed by atoms with Gasteiger partial charge in [-0.25, -0.2) is 4.98 Å². The van der Waals surface area contributed by atoms with Gasteiger partial charge in [0.1, 0.15) is 11.5 Å². The predicted molar refractivity (Wildman–Crippen MR) is 154 cm³/mol. The van der Waals surface area contributed by atoms with Crippen molar-refractivity contribution in [3.8, 4) is 11.1 Å². The zero-order chi connectivity index (χ0) is 27.4. The van der Waals surface area contributed by atoms with Crippen LogP contribution in [0.1, 0.15) is 21.7 Å². The number of nitrogens with zero attached hydrogens (tertiary/aromatic N) is 4. The molecule has 0 spiro atoms. The van der Waals surface area contributed by atoms with Gasteiger partial charge in [-0.2, -0.15) is 0 Å². The predicted octanol–water partition coefficient (Wildman–Crippen LogP) is 4.31. The van der Waals surface area contributed by atoms with Crippen molar-refractivity contribution in [3.05, 3.63) is 95.9 Å². The molecule has 0 unspecified atom stereocenters. The fourth-order valence-electron chi connectivity index (χ4n) is 5.10. The SMILES string of the molecule is Cc1cc(C)nc(N2CCN(c3ccc(NC(=O)C(=O)c4c(-c5ccccc5)ccn4CCO)cc3)CC2)c1. The van der Waals surface area contributed by atoms with Crippen molar-refractivity contribution in [2.24, 2.45) is 0 Å². The van der Waals surface area contributed by atoms with Crippen LogP contribution >= 0.6 is 0 Å². The number of amides is 1. The van der Waals surface area contributed by atoms with Gasteiger partial charge in [-0.05, 0) is 67.4 Å². The first-order valence-corrected chi connectivity index (χ1v) is 13.2. The molecule has 5 rings (SSSR count). The molecule has 0 aliphatic carbocycles. The van der Waals surface area contributed by atoms with Crippen molar-refractivity contribution in [1.29, 1.82) is 0 Å². The number of rotatable bonds is 8. The molecule has 3 heterocycles. The molecule has 0 atom stereocenters. The zero-order valence-electron chi connectivity index (χ0n) is 22.3. The largest absolute Gasteiger partial charge is 0.395 e. The van der Waals surface area contributed by atoms with E-state index in [0.717, 1.165) is 48.9 Å². The average Bonchev–Trinajstić information content (AvgIpc) is 3.37. The number of aliphatic hydroxyl groups is 1. The number of aliphatic hydroxyl groups excluding tert-OH is 1. The number of nitrogens with one attached hydrogen (secondary N) is 1. The van der Waals surface area contributed by atoms with Gasteiger partial charge in [0, 0.05) is 61.6 Å². The highest BCUT2D eigenvalue weighted by Crippen LogP contribution is 2.27. The summed E-state index contributed by atoms with van der Waals surface area (Å²) >= 11 is 0. The van der Waals surface area contributed by atoms with Crippen LogP contribution in [0.3, 0.4) is 0 Å². The Labute approximate surface area is 228 Å². The third-order valence-corrected chi connectivity index (χ3v) is 6.99. The summed E-state index contributed by atoms with van der Waals surface area (Å²) in [5.41, 5.74) is 5.63. The number of piperazine rings is 1. The van der Waals surface area contributed by atoms with Crippen molar-refractivity contribution in [2.45, 2.75) is 20.4 Å². The Hall–Kier alpha value is -4.43. The Morgan fingerprint density at radius 1 is 0.897 bits per heavy atom. The van der Waals surface area contributed by atoms with Gasteiger partial charge < -0.3 is 24.8 Å². The van der Waals surface area contributed by atoms with Crippen LogP contribution in [0.15, 0.2) is 79.0 Å². The Balaban J connectivity index is 1.24. The van der Waals surface area contributed by atoms with Gasteiger partial charge in [0.15, 0.2) is 0 Å². The second-order valence-electron chi connectivity index (χ2n) is 9.81. The highest BCUT2D eigenvalue weighted by Gasteiger charge is 2.25. The van der Waals surface area contributed by atoms with E-state index >= 15 is 0 Å². The van der Waals surface area contributed by atoms with E-state index in [2.05, 4.69) is 34.2 Å². The molecule has 1 aliphatic rings. The molecule has 2 aromatic heterocycles. The summed E-state index contributed by atoms with van der Waals surface area (Å²) in [6, 6.07) is 23.0. The molecule has 2 N–H and O–H groups in total. The molecular weight excluding hydrogens is 490 g/mol. The van der Waals surface area contributed by atoms with Crippen LogP contribution in [0.25, 0.3) is 11.1 Å². The minimum absolute atomic E-state index is 0.137. The van der Waals surface area contributed by atoms with Gasteiger partial charge in [-0.1, -0.05) is 30.3 Å². The first-order valence-electron chi connectivity index (χ1n) is 13.2. The number of Topliss-reactive ketones (excluding diaryl/α,β-unsaturated/α-hetero) is 1. The summed E-state index contributed by atoms with van der Waals surface area (Å²) in [4.78, 5) is 35.6. The van der Waals surface area contributed by atoms with E-state index in [1.807, 2.05) is 61.5 Å². The van der Waals surface area contributed by atoms with Crippen molar-refractivity contribution < 1.29 is 14.7 Å². The van der Waals surface area contributed by atoms with Crippen LogP contribution in [0.2, 0.25) is 0 Å². The maximum atomic E-state index is 13.3. The number of aryl methyl sites for hydroxylation is 2. The number of anilines is 3. The number of hydrogen-bond donors (Lipinski definition) is 2. The highest BCUT2D eigenvalue weighted by atomic mass is 16.3. The molecule has 8 heteroatoms. The maximum Gasteiger partial charge on any atom is 0.298 e. The number of pyridine rings is 1. The summed E-state index contributed by atoms with van der Waals surface area (Å²) in [7, 11) is 0. The third-order valence-electron chi connectivity index (χ3n) is 6.99. The van der Waals surface area contributed by atoms with E-state index in [9.17, 15) is 14.7 Å². The zero-order valence-corrected chi connectivity index (χ0v) is 22.3. The van der Waals surface area contributed by atoms with Crippen LogP contribution in [-0.2, 0) is 11.3 Å². The lowest BCUT2D eigenvalue weighted by Crippen LogP contribution is -2.46. The molecule has 0 radical (unpaired) electrons. The average molecular weight is 524 g/mol. The van der Waals surface area contributed by atoms with Gasteiger partial charge in [-0.15, -0.1) is 0 Å². The van der Waals surface area contributed by atoms with Crippen molar-refractivity contribution in [3.63, 3.8) is 0 Å². The second-order valence-corrected chi connectivity index (χ2v) is 9.81. The minimum Gasteiger partial charge on any atom is -0.395 e. The van der Waals surface area contributed by atoms with Crippen LogP contribution < -0.4 is 15.1 Å². The summed E-state index contributed by atoms with van der Waals surface area (Å²) in [5.74, 6) is -0.338. The van der Waals surface area contributed by atoms with E-state index in [4.69, 9.17) is 4.98 Å². The Kier molecular flexibility index (Phi) is 7.74. The smallest absolute Gasteiger partial charge is 0.298 e. The van der Waals surface area contributed by atoms with Crippen LogP contribution in [0.4, 0.5) is 17.2 Å². The van der Waals surface area contributed by atoms with Crippen LogP contribution in [0, 0.1) is 13.8 Å². The standard InChI is InChI=1S/C31H33N5O3/c1-22-20-23(2)32-28(21-22)35-16-14-34(15-17-35)26-10-8-25(9-11-26)33-31(39)30(38)29-27(12-13-36(29)18-19-37)24-6-4-3-5-7-24/h3-13,20-21,37H,14-19H2,1-2H3,(H,33,39). The first kappa shape index (κ1) is 26.2. The number of carbonyl (C=O) groups excluding carboxylic acids is 2. The fourth-order valence-corrected chi connectivity index (χ4v) is 5.10. The number of aromatic nitrogens is 2. The summed E-state index contributed by atoms with van der Waals surface area (Å²) in [5, 5.41) is 12.2. The van der Waals surface area contributed by atoms with Crippen molar-refractivity contribution >= 4 is 28.9 Å². The van der Waals surface area contributed by atoms with E-state index in [1.165, 1.54) is 5.56 Å². The fraction of sp³-hybridized carbons (Fsp3) is 0.258. The minimum atomic E-state index is -0.715. The molecule has 1 fully saturated rings. The highest BCUT2D eigenvalue weighted by molar-refractivity contribution is 6.47. The lowest BCUT2D eigenvalue weighted by molar-refractivity contribution is -0.112. The summed E-state index contributed by atoms with van der Waals surface area (Å²) in [6.07, 6.45) is 1.73. The van der Waals surface area contributed by atoms with Crippen molar-refractivity contribution in [2.75, 3.05) is 47.9 Å². The van der Waals surface area contributed by atoms with E-state index in [0.29, 0.717) is 11.3 Å². The number of carbonyl (C=O) groups is 2. The summed E-state index contributed by atoms with van der Waals surface area (Å²) < 4.78 is 1.63. The normalized spacial score (nSPS) is 13.4. The lowest BCUT2D eigenvalue weighted by Gasteiger charge is -2.37. The van der Waals surface area contributed by atoms with E-state index < -0.39 is 11.7 Å². The quantitative estimate of drug-likeness (QED) is 0.264. The monoisotopic (exact) mass is 523 g/mol. The molecule has 39 heavy (non-hydrogen) atoms.